The van der Waals surface area contributed by atoms with E-state index in [1.54, 1.807) is 36.6 Å². The van der Waals surface area contributed by atoms with Crippen LogP contribution in [0.5, 0.6) is 0 Å². The molecule has 1 saturated heterocycles. The maximum Gasteiger partial charge on any atom is 0.330 e. The Hall–Kier alpha value is -2.51. The van der Waals surface area contributed by atoms with E-state index in [0.717, 1.165) is 0 Å². The molecule has 2 N–H and O–H groups in total. The average molecular weight is 528 g/mol. The summed E-state index contributed by atoms with van der Waals surface area (Å²) in [4.78, 5) is 48.8. The van der Waals surface area contributed by atoms with Crippen molar-refractivity contribution in [2.75, 3.05) is 0 Å². The minimum atomic E-state index is -1.09. The summed E-state index contributed by atoms with van der Waals surface area (Å²) >= 11 is 1.32. The second kappa shape index (κ2) is 11.2. The van der Waals surface area contributed by atoms with E-state index in [2.05, 4.69) is 5.32 Å². The number of carbonyl (C=O) groups excluding carboxylic acids is 3. The zero-order chi connectivity index (χ0) is 21.7. The van der Waals surface area contributed by atoms with Gasteiger partial charge in [-0.15, -0.1) is 11.8 Å². The van der Waals surface area contributed by atoms with E-state index in [0.29, 0.717) is 11.1 Å². The molecule has 0 radical (unpaired) electrons. The van der Waals surface area contributed by atoms with Gasteiger partial charge in [-0.05, 0) is 17.9 Å². The van der Waals surface area contributed by atoms with Crippen molar-refractivity contribution in [2.24, 2.45) is 0 Å². The van der Waals surface area contributed by atoms with Gasteiger partial charge < -0.3 is 50.4 Å². The second-order valence-corrected chi connectivity index (χ2v) is 7.97. The third-order valence-corrected chi connectivity index (χ3v) is 6.14. The van der Waals surface area contributed by atoms with E-state index in [1.165, 1.54) is 16.7 Å². The summed E-state index contributed by atoms with van der Waals surface area (Å²) in [5.74, 6) is -2.01. The number of carboxylic acid groups (broad SMARTS) is 1. The first kappa shape index (κ1) is 24.8. The number of carboxylic acids is 1. The Morgan fingerprint density at radius 2 is 1.71 bits per heavy atom. The van der Waals surface area contributed by atoms with Crippen LogP contribution < -0.4 is 5.32 Å². The number of nitrogens with zero attached hydrogens (tertiary/aromatic N) is 1. The van der Waals surface area contributed by atoms with Gasteiger partial charge in [0.25, 0.3) is 0 Å². The molecule has 31 heavy (non-hydrogen) atoms. The van der Waals surface area contributed by atoms with Crippen LogP contribution in [0.25, 0.3) is 0 Å². The molecule has 2 aliphatic rings. The number of thioether (sulfide) groups is 1. The number of aliphatic carboxylic acids is 1. The SMILES string of the molecule is CC1=CS[C@@H]2[C@H](NC(=O)CCC(=O)[c-]3cccc3)C(=O)N2[C@H]1C(=O)O.[Ru].[cH-]1[cH-][cH-][cH-][cH-]1. The number of hydrogen-bond donors (Lipinski definition) is 2. The minimum Gasteiger partial charge on any atom is -0.748 e. The first-order valence-corrected chi connectivity index (χ1v) is 10.4. The number of hydrogen-bond acceptors (Lipinski definition) is 5. The summed E-state index contributed by atoms with van der Waals surface area (Å²) in [7, 11) is 0. The fraction of sp³-hybridized carbons (Fsp3) is 0.273. The third-order valence-electron chi connectivity index (χ3n) is 4.85. The summed E-state index contributed by atoms with van der Waals surface area (Å²) in [6, 6.07) is 15.1. The number of fused-ring (bicyclic) bond motifs is 1. The summed E-state index contributed by atoms with van der Waals surface area (Å²) in [5, 5.41) is 13.2. The molecule has 0 bridgehead atoms. The predicted octanol–water partition coefficient (Wildman–Crippen LogP) is 2.53. The standard InChI is InChI=1S/C17H17N2O5S.C5H5.Ru/c1-9-8-25-16-13(15(22)19(16)14(9)17(23)24)18-12(21)7-6-11(20)10-4-2-3-5-10;1-2-4-5-3-1;/h2-5,8,13-14,16H,6-7H2,1H3,(H,18,21)(H,23,24);1-5H;/q-1;-5;/t13-,14-,16-;;/m1../s1. The van der Waals surface area contributed by atoms with Crippen molar-refractivity contribution >= 4 is 35.3 Å². The van der Waals surface area contributed by atoms with Crippen molar-refractivity contribution in [1.29, 1.82) is 0 Å². The van der Waals surface area contributed by atoms with Crippen LogP contribution in [0.4, 0.5) is 0 Å². The Morgan fingerprint density at radius 3 is 2.26 bits per heavy atom. The minimum absolute atomic E-state index is 0. The molecular weight excluding hydrogens is 505 g/mol. The fourth-order valence-corrected chi connectivity index (χ4v) is 4.49. The molecule has 3 atom stereocenters. The summed E-state index contributed by atoms with van der Waals surface area (Å²) in [5.41, 5.74) is 1.15. The topological polar surface area (TPSA) is 104 Å². The second-order valence-electron chi connectivity index (χ2n) is 6.98. The van der Waals surface area contributed by atoms with Crippen LogP contribution in [0, 0.1) is 0 Å². The molecule has 0 unspecified atom stereocenters. The molecule has 0 saturated carbocycles. The number of rotatable bonds is 6. The summed E-state index contributed by atoms with van der Waals surface area (Å²) < 4.78 is 0. The quantitative estimate of drug-likeness (QED) is 0.259. The average Bonchev–Trinajstić information content (AvgIpc) is 3.46. The van der Waals surface area contributed by atoms with Crippen LogP contribution in [-0.2, 0) is 33.9 Å². The number of Topliss-reactive ketones (excluding diaryl/α,β-unsaturated/α-hetero) is 1. The van der Waals surface area contributed by atoms with Gasteiger partial charge in [-0.2, -0.15) is 12.1 Å². The van der Waals surface area contributed by atoms with Crippen molar-refractivity contribution in [2.45, 2.75) is 37.2 Å². The van der Waals surface area contributed by atoms with E-state index in [-0.39, 0.29) is 38.1 Å². The zero-order valence-electron chi connectivity index (χ0n) is 16.7. The van der Waals surface area contributed by atoms with E-state index in [9.17, 15) is 24.3 Å². The molecule has 0 aliphatic carbocycles. The number of nitrogens with one attached hydrogen (secondary N) is 1. The molecule has 2 aromatic rings. The van der Waals surface area contributed by atoms with Gasteiger partial charge >= 0.3 is 5.97 Å². The van der Waals surface area contributed by atoms with Gasteiger partial charge in [0.15, 0.2) is 6.04 Å². The van der Waals surface area contributed by atoms with Gasteiger partial charge in [0.05, 0.1) is 0 Å². The molecule has 2 aliphatic heterocycles. The monoisotopic (exact) mass is 528 g/mol. The number of β-lactam (4-membered cyclic amide) rings is 1. The predicted molar refractivity (Wildman–Crippen MR) is 113 cm³/mol. The Morgan fingerprint density at radius 1 is 1.13 bits per heavy atom. The molecule has 2 aromatic carbocycles. The van der Waals surface area contributed by atoms with E-state index in [1.807, 2.05) is 30.3 Å². The van der Waals surface area contributed by atoms with Crippen molar-refractivity contribution in [3.63, 3.8) is 0 Å². The van der Waals surface area contributed by atoms with Crippen LogP contribution in [0.1, 0.15) is 30.1 Å². The maximum atomic E-state index is 12.3. The van der Waals surface area contributed by atoms with Gasteiger partial charge in [0.1, 0.15) is 17.2 Å². The molecule has 9 heteroatoms. The van der Waals surface area contributed by atoms with Crippen LogP contribution in [0.3, 0.4) is 0 Å². The van der Waals surface area contributed by atoms with Crippen molar-refractivity contribution in [1.82, 2.24) is 10.2 Å². The van der Waals surface area contributed by atoms with Crippen molar-refractivity contribution in [3.05, 3.63) is 71.1 Å². The number of ketones is 1. The maximum absolute atomic E-state index is 12.3. The first-order chi connectivity index (χ1) is 14.4. The van der Waals surface area contributed by atoms with Crippen LogP contribution in [-0.4, -0.2) is 51.0 Å². The van der Waals surface area contributed by atoms with E-state index in [4.69, 9.17) is 0 Å². The van der Waals surface area contributed by atoms with Gasteiger partial charge in [-0.1, -0.05) is 5.56 Å². The largest absolute Gasteiger partial charge is 0.748 e. The van der Waals surface area contributed by atoms with Crippen LogP contribution in [0.15, 0.2) is 65.6 Å². The Bertz CT molecular complexity index is 922. The van der Waals surface area contributed by atoms with Crippen LogP contribution in [0.2, 0.25) is 0 Å². The molecular formula is C22H22N2O5RuS-6. The molecule has 170 valence electrons. The molecule has 0 spiro atoms. The van der Waals surface area contributed by atoms with E-state index >= 15 is 0 Å². The first-order valence-electron chi connectivity index (χ1n) is 9.48. The van der Waals surface area contributed by atoms with Gasteiger partial charge in [0.2, 0.25) is 11.8 Å². The number of carbonyl (C=O) groups is 4. The van der Waals surface area contributed by atoms with Gasteiger partial charge in [0, 0.05) is 32.3 Å². The van der Waals surface area contributed by atoms with E-state index < -0.39 is 35.2 Å². The van der Waals surface area contributed by atoms with Crippen molar-refractivity contribution in [3.8, 4) is 0 Å². The summed E-state index contributed by atoms with van der Waals surface area (Å²) in [6.07, 6.45) is 0.0530. The molecule has 0 aromatic heterocycles. The Labute approximate surface area is 197 Å². The molecule has 2 amide bonds. The van der Waals surface area contributed by atoms with Crippen LogP contribution >= 0.6 is 11.8 Å². The number of amides is 2. The third kappa shape index (κ3) is 5.80. The Balaban J connectivity index is 0.000000501. The molecule has 4 rings (SSSR count). The van der Waals surface area contributed by atoms with Gasteiger partial charge in [-0.3, -0.25) is 9.59 Å². The molecule has 7 nitrogen and oxygen atoms in total. The zero-order valence-corrected chi connectivity index (χ0v) is 19.3. The smallest absolute Gasteiger partial charge is 0.330 e. The fourth-order valence-electron chi connectivity index (χ4n) is 3.31. The van der Waals surface area contributed by atoms with Crippen molar-refractivity contribution < 1.29 is 43.8 Å². The summed E-state index contributed by atoms with van der Waals surface area (Å²) in [6.45, 7) is 1.66. The molecule has 1 fully saturated rings. The Kier molecular flexibility index (Phi) is 8.95. The van der Waals surface area contributed by atoms with Gasteiger partial charge in [-0.25, -0.2) is 16.9 Å². The molecule has 2 heterocycles. The normalized spacial score (nSPS) is 21.3.